The molecule has 1 aromatic carbocycles. The second-order valence-electron chi connectivity index (χ2n) is 5.84. The molecule has 0 unspecified atom stereocenters. The molecule has 0 aliphatic rings. The molecule has 3 N–H and O–H groups in total. The summed E-state index contributed by atoms with van der Waals surface area (Å²) >= 11 is 0. The number of nitrogens with two attached hydrogens (primary N) is 1. The van der Waals surface area contributed by atoms with Crippen LogP contribution in [0.4, 0.5) is 5.69 Å². The lowest BCUT2D eigenvalue weighted by molar-refractivity contribution is -0.386. The van der Waals surface area contributed by atoms with Gasteiger partial charge in [-0.1, -0.05) is 12.1 Å². The number of carbonyl (C=O) groups excluding carboxylic acids is 1. The fourth-order valence-corrected chi connectivity index (χ4v) is 3.07. The summed E-state index contributed by atoms with van der Waals surface area (Å²) in [5, 5.41) is 22.8. The van der Waals surface area contributed by atoms with Crippen LogP contribution in [0.5, 0.6) is 0 Å². The number of nitrogens with zero attached hydrogens (tertiary/aromatic N) is 3. The van der Waals surface area contributed by atoms with Crippen molar-refractivity contribution in [2.75, 3.05) is 0 Å². The van der Waals surface area contributed by atoms with Crippen molar-refractivity contribution in [3.8, 4) is 0 Å². The Kier molecular flexibility index (Phi) is 5.42. The summed E-state index contributed by atoms with van der Waals surface area (Å²) in [5.41, 5.74) is 1.12. The number of primary sulfonamides is 1. The molecule has 2 aromatic rings. The lowest BCUT2D eigenvalue weighted by Gasteiger charge is -2.15. The second-order valence-corrected chi connectivity index (χ2v) is 7.40. The molecule has 140 valence electrons. The molecule has 0 radical (unpaired) electrons. The molecule has 0 fully saturated rings. The van der Waals surface area contributed by atoms with E-state index in [4.69, 9.17) is 5.14 Å². The number of nitro groups is 1. The first-order valence-corrected chi connectivity index (χ1v) is 9.16. The van der Waals surface area contributed by atoms with Crippen LogP contribution in [0.2, 0.25) is 0 Å². The summed E-state index contributed by atoms with van der Waals surface area (Å²) in [7, 11) is -3.78. The van der Waals surface area contributed by atoms with E-state index in [0.29, 0.717) is 11.3 Å². The molecule has 0 aliphatic heterocycles. The van der Waals surface area contributed by atoms with Gasteiger partial charge >= 0.3 is 5.69 Å². The van der Waals surface area contributed by atoms with E-state index in [0.717, 1.165) is 0 Å². The van der Waals surface area contributed by atoms with Crippen molar-refractivity contribution in [3.05, 3.63) is 51.3 Å². The number of aryl methyl sites for hydroxylation is 1. The summed E-state index contributed by atoms with van der Waals surface area (Å²) in [5.74, 6) is -0.381. The molecule has 2 rings (SSSR count). The molecule has 0 aliphatic carbocycles. The number of hydrogen-bond acceptors (Lipinski definition) is 6. The first kappa shape index (κ1) is 19.5. The Balaban J connectivity index is 2.08. The van der Waals surface area contributed by atoms with Gasteiger partial charge in [-0.2, -0.15) is 5.10 Å². The molecular weight excluding hydrogens is 362 g/mol. The maximum Gasteiger partial charge on any atom is 0.312 e. The minimum absolute atomic E-state index is 0.0188. The Labute approximate surface area is 150 Å². The first-order chi connectivity index (χ1) is 12.0. The van der Waals surface area contributed by atoms with Crippen molar-refractivity contribution in [2.45, 2.75) is 38.3 Å². The summed E-state index contributed by atoms with van der Waals surface area (Å²) in [6, 6.07) is 5.43. The number of amides is 1. The molecule has 10 nitrogen and oxygen atoms in total. The molecule has 0 saturated heterocycles. The van der Waals surface area contributed by atoms with E-state index in [-0.39, 0.29) is 28.7 Å². The van der Waals surface area contributed by atoms with E-state index in [1.807, 2.05) is 0 Å². The van der Waals surface area contributed by atoms with Crippen LogP contribution in [0.15, 0.2) is 29.2 Å². The Morgan fingerprint density at radius 2 is 1.92 bits per heavy atom. The zero-order valence-electron chi connectivity index (χ0n) is 14.5. The SMILES string of the molecule is Cc1nn(CC(=O)N[C@H](C)c2ccc(S(N)(=O)=O)cc2)c(C)c1[N+](=O)[O-]. The third-order valence-corrected chi connectivity index (χ3v) is 4.83. The highest BCUT2D eigenvalue weighted by Gasteiger charge is 2.23. The Morgan fingerprint density at radius 1 is 1.35 bits per heavy atom. The Morgan fingerprint density at radius 3 is 2.38 bits per heavy atom. The van der Waals surface area contributed by atoms with Gasteiger partial charge in [0.1, 0.15) is 17.9 Å². The third-order valence-electron chi connectivity index (χ3n) is 3.91. The zero-order chi connectivity index (χ0) is 19.6. The molecule has 1 atom stereocenters. The van der Waals surface area contributed by atoms with Crippen molar-refractivity contribution >= 4 is 21.6 Å². The van der Waals surface area contributed by atoms with Crippen LogP contribution in [0.25, 0.3) is 0 Å². The Hall–Kier alpha value is -2.79. The van der Waals surface area contributed by atoms with E-state index in [9.17, 15) is 23.3 Å². The molecule has 1 heterocycles. The van der Waals surface area contributed by atoms with Crippen LogP contribution in [-0.4, -0.2) is 29.0 Å². The van der Waals surface area contributed by atoms with Crippen LogP contribution in [0.3, 0.4) is 0 Å². The molecular formula is C15H19N5O5S. The van der Waals surface area contributed by atoms with Gasteiger partial charge in [0.25, 0.3) is 0 Å². The summed E-state index contributed by atoms with van der Waals surface area (Å²) < 4.78 is 23.8. The van der Waals surface area contributed by atoms with Crippen molar-refractivity contribution in [2.24, 2.45) is 5.14 Å². The van der Waals surface area contributed by atoms with E-state index < -0.39 is 21.0 Å². The number of hydrogen-bond donors (Lipinski definition) is 2. The number of rotatable bonds is 6. The third kappa shape index (κ3) is 4.24. The van der Waals surface area contributed by atoms with Crippen LogP contribution >= 0.6 is 0 Å². The summed E-state index contributed by atoms with van der Waals surface area (Å²) in [6.45, 7) is 4.60. The second kappa shape index (κ2) is 7.22. The standard InChI is InChI=1S/C15H19N5O5S/c1-9(12-4-6-13(7-5-12)26(16,24)25)17-14(21)8-19-11(3)15(20(22)23)10(2)18-19/h4-7,9H,8H2,1-3H3,(H,17,21)(H2,16,24,25)/t9-/m1/s1. The highest BCUT2D eigenvalue weighted by atomic mass is 32.2. The predicted octanol–water partition coefficient (Wildman–Crippen LogP) is 0.933. The average molecular weight is 381 g/mol. The van der Waals surface area contributed by atoms with Gasteiger partial charge in [0.2, 0.25) is 15.9 Å². The molecule has 1 aromatic heterocycles. The maximum atomic E-state index is 12.2. The number of nitrogens with one attached hydrogen (secondary N) is 1. The molecule has 0 saturated carbocycles. The van der Waals surface area contributed by atoms with Gasteiger partial charge in [-0.25, -0.2) is 13.6 Å². The minimum atomic E-state index is -3.78. The van der Waals surface area contributed by atoms with Crippen LogP contribution in [0.1, 0.15) is 29.9 Å². The van der Waals surface area contributed by atoms with E-state index in [1.165, 1.54) is 30.7 Å². The predicted molar refractivity (Wildman–Crippen MR) is 92.7 cm³/mol. The normalized spacial score (nSPS) is 12.6. The van der Waals surface area contributed by atoms with Crippen LogP contribution < -0.4 is 10.5 Å². The fraction of sp³-hybridized carbons (Fsp3) is 0.333. The van der Waals surface area contributed by atoms with Crippen LogP contribution in [0, 0.1) is 24.0 Å². The van der Waals surface area contributed by atoms with Gasteiger partial charge in [0.15, 0.2) is 0 Å². The molecule has 11 heteroatoms. The van der Waals surface area contributed by atoms with Gasteiger partial charge in [-0.15, -0.1) is 0 Å². The number of sulfonamides is 1. The monoisotopic (exact) mass is 381 g/mol. The van der Waals surface area contributed by atoms with Gasteiger partial charge in [0.05, 0.1) is 15.9 Å². The molecule has 26 heavy (non-hydrogen) atoms. The minimum Gasteiger partial charge on any atom is -0.348 e. The average Bonchev–Trinajstić information content (AvgIpc) is 2.80. The number of aromatic nitrogens is 2. The molecule has 0 spiro atoms. The van der Waals surface area contributed by atoms with Crippen molar-refractivity contribution < 1.29 is 18.1 Å². The van der Waals surface area contributed by atoms with Gasteiger partial charge in [-0.3, -0.25) is 19.6 Å². The first-order valence-electron chi connectivity index (χ1n) is 7.61. The van der Waals surface area contributed by atoms with Gasteiger partial charge in [-0.05, 0) is 38.5 Å². The topological polar surface area (TPSA) is 150 Å². The highest BCUT2D eigenvalue weighted by molar-refractivity contribution is 7.89. The lowest BCUT2D eigenvalue weighted by Crippen LogP contribution is -2.30. The Bertz CT molecular complexity index is 950. The quantitative estimate of drug-likeness (QED) is 0.561. The number of carbonyl (C=O) groups is 1. The lowest BCUT2D eigenvalue weighted by atomic mass is 10.1. The smallest absolute Gasteiger partial charge is 0.312 e. The van der Waals surface area contributed by atoms with Crippen LogP contribution in [-0.2, 0) is 21.4 Å². The van der Waals surface area contributed by atoms with Crippen molar-refractivity contribution in [3.63, 3.8) is 0 Å². The van der Waals surface area contributed by atoms with Gasteiger partial charge < -0.3 is 5.32 Å². The molecule has 0 bridgehead atoms. The fourth-order valence-electron chi connectivity index (χ4n) is 2.56. The van der Waals surface area contributed by atoms with E-state index >= 15 is 0 Å². The highest BCUT2D eigenvalue weighted by Crippen LogP contribution is 2.21. The van der Waals surface area contributed by atoms with Crippen molar-refractivity contribution in [1.29, 1.82) is 0 Å². The summed E-state index contributed by atoms with van der Waals surface area (Å²) in [6.07, 6.45) is 0. The van der Waals surface area contributed by atoms with E-state index in [2.05, 4.69) is 10.4 Å². The summed E-state index contributed by atoms with van der Waals surface area (Å²) in [4.78, 5) is 22.7. The molecule has 1 amide bonds. The van der Waals surface area contributed by atoms with E-state index in [1.54, 1.807) is 19.1 Å². The van der Waals surface area contributed by atoms with Crippen molar-refractivity contribution in [1.82, 2.24) is 15.1 Å². The largest absolute Gasteiger partial charge is 0.348 e. The number of benzene rings is 1. The maximum absolute atomic E-state index is 12.2. The van der Waals surface area contributed by atoms with Gasteiger partial charge in [0, 0.05) is 0 Å². The zero-order valence-corrected chi connectivity index (χ0v) is 15.3.